The average Bonchev–Trinajstić information content (AvgIpc) is 2.38. The van der Waals surface area contributed by atoms with E-state index in [2.05, 4.69) is 10.6 Å². The van der Waals surface area contributed by atoms with Crippen molar-refractivity contribution in [2.45, 2.75) is 25.8 Å². The first-order valence-corrected chi connectivity index (χ1v) is 5.98. The van der Waals surface area contributed by atoms with E-state index in [1.165, 1.54) is 0 Å². The third-order valence-electron chi connectivity index (χ3n) is 2.60. The lowest BCUT2D eigenvalue weighted by Gasteiger charge is -2.15. The number of anilines is 1. The molecule has 1 unspecified atom stereocenters. The van der Waals surface area contributed by atoms with Gasteiger partial charge in [-0.3, -0.25) is 4.79 Å². The normalized spacial score (nSPS) is 11.5. The molecule has 2 amide bonds. The Morgan fingerprint density at radius 2 is 1.95 bits per heavy atom. The topological polar surface area (TPSA) is 87.7 Å². The highest BCUT2D eigenvalue weighted by Gasteiger charge is 2.13. The summed E-state index contributed by atoms with van der Waals surface area (Å²) in [5.41, 5.74) is 0.614. The Balaban J connectivity index is 2.51. The Morgan fingerprint density at radius 3 is 2.42 bits per heavy atom. The second-order valence-corrected chi connectivity index (χ2v) is 4.03. The van der Waals surface area contributed by atoms with Crippen LogP contribution in [-0.2, 0) is 4.79 Å². The summed E-state index contributed by atoms with van der Waals surface area (Å²) in [6, 6.07) is 6.07. The van der Waals surface area contributed by atoms with E-state index in [9.17, 15) is 9.59 Å². The van der Waals surface area contributed by atoms with Crippen LogP contribution in [0.4, 0.5) is 10.5 Å². The number of nitrogens with one attached hydrogen (secondary N) is 2. The molecule has 0 aliphatic carbocycles. The summed E-state index contributed by atoms with van der Waals surface area (Å²) < 4.78 is 5.01. The summed E-state index contributed by atoms with van der Waals surface area (Å²) in [4.78, 5) is 22.3. The highest BCUT2D eigenvalue weighted by atomic mass is 16.5. The van der Waals surface area contributed by atoms with Gasteiger partial charge in [-0.15, -0.1) is 0 Å². The minimum absolute atomic E-state index is 0.0907. The van der Waals surface area contributed by atoms with Crippen molar-refractivity contribution in [2.75, 3.05) is 12.4 Å². The van der Waals surface area contributed by atoms with Gasteiger partial charge in [0.2, 0.25) is 0 Å². The van der Waals surface area contributed by atoms with Gasteiger partial charge in [-0.25, -0.2) is 4.79 Å². The summed E-state index contributed by atoms with van der Waals surface area (Å²) in [5.74, 6) is -0.236. The number of carbonyl (C=O) groups is 2. The lowest BCUT2D eigenvalue weighted by molar-refractivity contribution is -0.137. The molecule has 6 heteroatoms. The summed E-state index contributed by atoms with van der Waals surface area (Å²) >= 11 is 0. The highest BCUT2D eigenvalue weighted by molar-refractivity contribution is 5.89. The Hall–Kier alpha value is -2.24. The van der Waals surface area contributed by atoms with Gasteiger partial charge in [0.1, 0.15) is 5.75 Å². The standard InChI is InChI=1S/C13H18N2O4/c1-3-9(8-12(16)17)14-13(18)15-10-4-6-11(19-2)7-5-10/h4-7,9H,3,8H2,1-2H3,(H,16,17)(H2,14,15,18). The molecule has 104 valence electrons. The van der Waals surface area contributed by atoms with E-state index >= 15 is 0 Å². The number of hydrogen-bond donors (Lipinski definition) is 3. The maximum atomic E-state index is 11.7. The van der Waals surface area contributed by atoms with Crippen molar-refractivity contribution < 1.29 is 19.4 Å². The summed E-state index contributed by atoms with van der Waals surface area (Å²) in [6.45, 7) is 1.82. The van der Waals surface area contributed by atoms with Crippen molar-refractivity contribution in [2.24, 2.45) is 0 Å². The van der Waals surface area contributed by atoms with Gasteiger partial charge in [0.05, 0.1) is 13.5 Å². The minimum Gasteiger partial charge on any atom is -0.497 e. The number of carboxylic acid groups (broad SMARTS) is 1. The van der Waals surface area contributed by atoms with Crippen LogP contribution in [0.5, 0.6) is 5.75 Å². The first-order chi connectivity index (χ1) is 9.05. The molecule has 1 atom stereocenters. The smallest absolute Gasteiger partial charge is 0.319 e. The van der Waals surface area contributed by atoms with Gasteiger partial charge in [-0.05, 0) is 30.7 Å². The lowest BCUT2D eigenvalue weighted by Crippen LogP contribution is -2.38. The van der Waals surface area contributed by atoms with Crippen LogP contribution in [-0.4, -0.2) is 30.3 Å². The molecule has 0 aliphatic heterocycles. The van der Waals surface area contributed by atoms with Crippen LogP contribution in [0, 0.1) is 0 Å². The molecule has 0 heterocycles. The Kier molecular flexibility index (Phi) is 5.66. The van der Waals surface area contributed by atoms with Gasteiger partial charge in [0.25, 0.3) is 0 Å². The average molecular weight is 266 g/mol. The third kappa shape index (κ3) is 5.29. The lowest BCUT2D eigenvalue weighted by atomic mass is 10.1. The predicted octanol–water partition coefficient (Wildman–Crippen LogP) is 2.07. The number of urea groups is 1. The summed E-state index contributed by atoms with van der Waals surface area (Å²) in [5, 5.41) is 13.9. The second-order valence-electron chi connectivity index (χ2n) is 4.03. The van der Waals surface area contributed by atoms with Gasteiger partial charge < -0.3 is 20.5 Å². The largest absolute Gasteiger partial charge is 0.497 e. The fourth-order valence-electron chi connectivity index (χ4n) is 1.54. The fraction of sp³-hybridized carbons (Fsp3) is 0.385. The molecular formula is C13H18N2O4. The number of ether oxygens (including phenoxy) is 1. The van der Waals surface area contributed by atoms with Crippen LogP contribution in [0.25, 0.3) is 0 Å². The van der Waals surface area contributed by atoms with Gasteiger partial charge in [0.15, 0.2) is 0 Å². The predicted molar refractivity (Wildman–Crippen MR) is 71.5 cm³/mol. The Morgan fingerprint density at radius 1 is 1.32 bits per heavy atom. The number of benzene rings is 1. The monoisotopic (exact) mass is 266 g/mol. The third-order valence-corrected chi connectivity index (χ3v) is 2.60. The number of carbonyl (C=O) groups excluding carboxylic acids is 1. The molecule has 0 spiro atoms. The van der Waals surface area contributed by atoms with E-state index in [0.717, 1.165) is 0 Å². The number of aliphatic carboxylic acids is 1. The van der Waals surface area contributed by atoms with Crippen LogP contribution in [0.1, 0.15) is 19.8 Å². The van der Waals surface area contributed by atoms with Gasteiger partial charge in [-0.2, -0.15) is 0 Å². The van der Waals surface area contributed by atoms with E-state index in [-0.39, 0.29) is 12.5 Å². The fourth-order valence-corrected chi connectivity index (χ4v) is 1.54. The molecule has 1 rings (SSSR count). The van der Waals surface area contributed by atoms with Gasteiger partial charge >= 0.3 is 12.0 Å². The SMILES string of the molecule is CCC(CC(=O)O)NC(=O)Nc1ccc(OC)cc1. The van der Waals surface area contributed by atoms with E-state index in [1.807, 2.05) is 6.92 Å². The Labute approximate surface area is 111 Å². The first kappa shape index (κ1) is 14.8. The zero-order chi connectivity index (χ0) is 14.3. The van der Waals surface area contributed by atoms with Crippen molar-refractivity contribution in [3.63, 3.8) is 0 Å². The number of rotatable bonds is 6. The van der Waals surface area contributed by atoms with Crippen molar-refractivity contribution in [1.29, 1.82) is 0 Å². The van der Waals surface area contributed by atoms with Crippen LogP contribution in [0.2, 0.25) is 0 Å². The van der Waals surface area contributed by atoms with Crippen molar-refractivity contribution in [3.8, 4) is 5.75 Å². The summed E-state index contributed by atoms with van der Waals surface area (Å²) in [7, 11) is 1.56. The minimum atomic E-state index is -0.934. The molecule has 0 radical (unpaired) electrons. The van der Waals surface area contributed by atoms with E-state index < -0.39 is 12.0 Å². The van der Waals surface area contributed by atoms with Gasteiger partial charge in [-0.1, -0.05) is 6.92 Å². The molecule has 0 aliphatic rings. The molecular weight excluding hydrogens is 248 g/mol. The molecule has 6 nitrogen and oxygen atoms in total. The summed E-state index contributed by atoms with van der Waals surface area (Å²) in [6.07, 6.45) is 0.467. The molecule has 0 saturated carbocycles. The number of hydrogen-bond acceptors (Lipinski definition) is 3. The van der Waals surface area contributed by atoms with E-state index in [0.29, 0.717) is 17.9 Å². The molecule has 3 N–H and O–H groups in total. The molecule has 0 bridgehead atoms. The van der Waals surface area contributed by atoms with Crippen LogP contribution >= 0.6 is 0 Å². The Bertz CT molecular complexity index is 431. The second kappa shape index (κ2) is 7.25. The van der Waals surface area contributed by atoms with Crippen LogP contribution < -0.4 is 15.4 Å². The zero-order valence-electron chi connectivity index (χ0n) is 11.0. The molecule has 19 heavy (non-hydrogen) atoms. The van der Waals surface area contributed by atoms with E-state index in [1.54, 1.807) is 31.4 Å². The molecule has 0 aromatic heterocycles. The number of carboxylic acids is 1. The molecule has 0 fully saturated rings. The number of amides is 2. The molecule has 1 aromatic carbocycles. The van der Waals surface area contributed by atoms with Crippen molar-refractivity contribution in [3.05, 3.63) is 24.3 Å². The molecule has 0 saturated heterocycles. The number of methoxy groups -OCH3 is 1. The van der Waals surface area contributed by atoms with Crippen molar-refractivity contribution in [1.82, 2.24) is 5.32 Å². The maximum absolute atomic E-state index is 11.7. The van der Waals surface area contributed by atoms with Crippen LogP contribution in [0.15, 0.2) is 24.3 Å². The molecule has 1 aromatic rings. The van der Waals surface area contributed by atoms with E-state index in [4.69, 9.17) is 9.84 Å². The highest BCUT2D eigenvalue weighted by Crippen LogP contribution is 2.14. The van der Waals surface area contributed by atoms with Crippen molar-refractivity contribution >= 4 is 17.7 Å². The quantitative estimate of drug-likeness (QED) is 0.735. The van der Waals surface area contributed by atoms with Crippen LogP contribution in [0.3, 0.4) is 0 Å². The van der Waals surface area contributed by atoms with Gasteiger partial charge in [0, 0.05) is 11.7 Å². The zero-order valence-corrected chi connectivity index (χ0v) is 11.0. The maximum Gasteiger partial charge on any atom is 0.319 e. The first-order valence-electron chi connectivity index (χ1n) is 5.98.